The Morgan fingerprint density at radius 3 is 2.23 bits per heavy atom. The lowest BCUT2D eigenvalue weighted by Crippen LogP contribution is -2.43. The van der Waals surface area contributed by atoms with Crippen LogP contribution in [0.15, 0.2) is 0 Å². The largest absolute Gasteiger partial charge is 0.480 e. The fraction of sp³-hybridized carbons (Fsp3) is 0.571. The Labute approximate surface area is 75.8 Å². The van der Waals surface area contributed by atoms with Gasteiger partial charge in [-0.25, -0.2) is 0 Å². The van der Waals surface area contributed by atoms with Crippen LogP contribution in [0.1, 0.15) is 0 Å². The van der Waals surface area contributed by atoms with E-state index in [2.05, 4.69) is 0 Å². The average molecular weight is 182 g/mol. The molecule has 0 amide bonds. The Bertz CT molecular complexity index is 236. The lowest BCUT2D eigenvalue weighted by molar-refractivity contribution is -0.138. The van der Waals surface area contributed by atoms with Crippen LogP contribution in [0.4, 0.5) is 0 Å². The quantitative estimate of drug-likeness (QED) is 0.513. The number of carbonyl (C=O) groups is 1. The Balaban J connectivity index is 4.04. The van der Waals surface area contributed by atoms with E-state index >= 15 is 0 Å². The van der Waals surface area contributed by atoms with E-state index < -0.39 is 12.0 Å². The van der Waals surface area contributed by atoms with E-state index in [1.54, 1.807) is 0 Å². The molecule has 0 saturated carbocycles. The van der Waals surface area contributed by atoms with Gasteiger partial charge in [-0.1, -0.05) is 0 Å². The molecule has 0 aromatic rings. The molecule has 13 heavy (non-hydrogen) atoms. The molecule has 1 atom stereocenters. The van der Waals surface area contributed by atoms with Crippen LogP contribution in [0.2, 0.25) is 0 Å². The first-order valence-electron chi connectivity index (χ1n) is 3.56. The summed E-state index contributed by atoms with van der Waals surface area (Å²) in [5, 5.41) is 25.1. The van der Waals surface area contributed by atoms with E-state index in [1.807, 2.05) is 12.1 Å². The van der Waals surface area contributed by atoms with Crippen LogP contribution in [-0.4, -0.2) is 41.7 Å². The van der Waals surface area contributed by atoms with Crippen LogP contribution in [0.25, 0.3) is 0 Å². The summed E-state index contributed by atoms with van der Waals surface area (Å²) in [6.07, 6.45) is 0. The topological polar surface area (TPSA) is 114 Å². The summed E-state index contributed by atoms with van der Waals surface area (Å²) < 4.78 is 0. The number of nitrogens with zero attached hydrogens (tertiary/aromatic N) is 3. The smallest absolute Gasteiger partial charge is 0.321 e. The van der Waals surface area contributed by atoms with Crippen LogP contribution >= 0.6 is 0 Å². The number of carboxylic acid groups (broad SMARTS) is 1. The van der Waals surface area contributed by atoms with Gasteiger partial charge in [0.1, 0.15) is 6.04 Å². The van der Waals surface area contributed by atoms with E-state index in [1.165, 1.54) is 4.90 Å². The third kappa shape index (κ3) is 4.75. The molecule has 0 aliphatic heterocycles. The molecule has 6 heteroatoms. The summed E-state index contributed by atoms with van der Waals surface area (Å²) in [4.78, 5) is 11.7. The van der Waals surface area contributed by atoms with Gasteiger partial charge in [-0.3, -0.25) is 9.69 Å². The van der Waals surface area contributed by atoms with E-state index in [4.69, 9.17) is 21.4 Å². The van der Waals surface area contributed by atoms with Gasteiger partial charge >= 0.3 is 5.97 Å². The predicted octanol–water partition coefficient (Wildman–Crippen LogP) is -1.25. The molecule has 0 aromatic carbocycles. The van der Waals surface area contributed by atoms with Gasteiger partial charge in [0.05, 0.1) is 25.2 Å². The van der Waals surface area contributed by atoms with Crippen molar-refractivity contribution in [1.29, 1.82) is 10.5 Å². The summed E-state index contributed by atoms with van der Waals surface area (Å²) in [5.41, 5.74) is 5.22. The molecular formula is C7H10N4O2. The highest BCUT2D eigenvalue weighted by Gasteiger charge is 2.15. The molecule has 3 N–H and O–H groups in total. The highest BCUT2D eigenvalue weighted by Crippen LogP contribution is 1.89. The summed E-state index contributed by atoms with van der Waals surface area (Å²) in [7, 11) is 0. The second-order valence-electron chi connectivity index (χ2n) is 2.43. The highest BCUT2D eigenvalue weighted by molar-refractivity contribution is 5.73. The van der Waals surface area contributed by atoms with Crippen molar-refractivity contribution < 1.29 is 9.90 Å². The fourth-order valence-corrected chi connectivity index (χ4v) is 0.741. The maximum absolute atomic E-state index is 10.3. The third-order valence-electron chi connectivity index (χ3n) is 1.36. The Morgan fingerprint density at radius 2 is 1.92 bits per heavy atom. The zero-order valence-electron chi connectivity index (χ0n) is 6.97. The molecule has 70 valence electrons. The van der Waals surface area contributed by atoms with Crippen molar-refractivity contribution in [2.24, 2.45) is 5.73 Å². The number of hydrogen-bond donors (Lipinski definition) is 2. The standard InChI is InChI=1S/C7H10N4O2/c8-1-3-11(4-2-9)5-6(10)7(12)13/h6H,3-5,10H2,(H,12,13). The molecule has 0 saturated heterocycles. The van der Waals surface area contributed by atoms with Gasteiger partial charge in [-0.05, 0) is 0 Å². The number of hydrogen-bond acceptors (Lipinski definition) is 5. The summed E-state index contributed by atoms with van der Waals surface area (Å²) in [6.45, 7) is 0.0273. The summed E-state index contributed by atoms with van der Waals surface area (Å²) >= 11 is 0. The number of rotatable bonds is 5. The van der Waals surface area contributed by atoms with Gasteiger partial charge < -0.3 is 10.8 Å². The van der Waals surface area contributed by atoms with Gasteiger partial charge in [-0.15, -0.1) is 0 Å². The van der Waals surface area contributed by atoms with Crippen molar-refractivity contribution in [3.63, 3.8) is 0 Å². The maximum Gasteiger partial charge on any atom is 0.321 e. The van der Waals surface area contributed by atoms with Crippen molar-refractivity contribution in [3.05, 3.63) is 0 Å². The molecule has 0 aliphatic rings. The molecule has 0 rings (SSSR count). The molecule has 0 aliphatic carbocycles. The predicted molar refractivity (Wildman–Crippen MR) is 43.3 cm³/mol. The van der Waals surface area contributed by atoms with Crippen molar-refractivity contribution >= 4 is 5.97 Å². The molecule has 0 radical (unpaired) electrons. The van der Waals surface area contributed by atoms with Crippen molar-refractivity contribution in [1.82, 2.24) is 4.90 Å². The molecule has 0 fully saturated rings. The number of aliphatic carboxylic acids is 1. The monoisotopic (exact) mass is 182 g/mol. The minimum Gasteiger partial charge on any atom is -0.480 e. The molecule has 0 bridgehead atoms. The summed E-state index contributed by atoms with van der Waals surface area (Å²) in [6, 6.07) is 2.59. The number of nitrogens with two attached hydrogens (primary N) is 1. The first kappa shape index (κ1) is 11.4. The maximum atomic E-state index is 10.3. The lowest BCUT2D eigenvalue weighted by Gasteiger charge is -2.17. The first-order chi connectivity index (χ1) is 6.11. The van der Waals surface area contributed by atoms with Crippen LogP contribution in [0.5, 0.6) is 0 Å². The molecule has 0 spiro atoms. The molecule has 6 nitrogen and oxygen atoms in total. The fourth-order valence-electron chi connectivity index (χ4n) is 0.741. The van der Waals surface area contributed by atoms with Gasteiger partial charge in [-0.2, -0.15) is 10.5 Å². The van der Waals surface area contributed by atoms with Gasteiger partial charge in [0.2, 0.25) is 0 Å². The Hall–Kier alpha value is -1.63. The highest BCUT2D eigenvalue weighted by atomic mass is 16.4. The van der Waals surface area contributed by atoms with Gasteiger partial charge in [0.25, 0.3) is 0 Å². The normalized spacial score (nSPS) is 11.7. The SMILES string of the molecule is N#CCN(CC#N)CC(N)C(=O)O. The second kappa shape index (κ2) is 5.95. The Kier molecular flexibility index (Phi) is 5.20. The zero-order valence-corrected chi connectivity index (χ0v) is 6.97. The van der Waals surface area contributed by atoms with E-state index in [9.17, 15) is 4.79 Å². The molecule has 1 unspecified atom stereocenters. The van der Waals surface area contributed by atoms with Crippen LogP contribution in [-0.2, 0) is 4.79 Å². The summed E-state index contributed by atoms with van der Waals surface area (Å²) in [5.74, 6) is -1.14. The zero-order chi connectivity index (χ0) is 10.3. The molecule has 0 aromatic heterocycles. The van der Waals surface area contributed by atoms with E-state index in [0.29, 0.717) is 0 Å². The second-order valence-corrected chi connectivity index (χ2v) is 2.43. The molecular weight excluding hydrogens is 172 g/mol. The minimum absolute atomic E-state index is 0.00847. The number of nitriles is 2. The average Bonchev–Trinajstić information content (AvgIpc) is 2.05. The van der Waals surface area contributed by atoms with Crippen LogP contribution in [0, 0.1) is 22.7 Å². The van der Waals surface area contributed by atoms with Gasteiger partial charge in [0.15, 0.2) is 0 Å². The number of carboxylic acids is 1. The van der Waals surface area contributed by atoms with Crippen LogP contribution < -0.4 is 5.73 Å². The van der Waals surface area contributed by atoms with Crippen molar-refractivity contribution in [3.8, 4) is 12.1 Å². The van der Waals surface area contributed by atoms with Crippen molar-refractivity contribution in [2.45, 2.75) is 6.04 Å². The van der Waals surface area contributed by atoms with E-state index in [-0.39, 0.29) is 19.6 Å². The van der Waals surface area contributed by atoms with E-state index in [0.717, 1.165) is 0 Å². The van der Waals surface area contributed by atoms with Gasteiger partial charge in [0, 0.05) is 6.54 Å². The molecule has 0 heterocycles. The Morgan fingerprint density at radius 1 is 1.46 bits per heavy atom. The van der Waals surface area contributed by atoms with Crippen molar-refractivity contribution in [2.75, 3.05) is 19.6 Å². The first-order valence-corrected chi connectivity index (χ1v) is 3.56. The minimum atomic E-state index is -1.14. The lowest BCUT2D eigenvalue weighted by atomic mass is 10.3. The van der Waals surface area contributed by atoms with Crippen LogP contribution in [0.3, 0.4) is 0 Å². The third-order valence-corrected chi connectivity index (χ3v) is 1.36.